The number of hydrogen-bond donors (Lipinski definition) is 1. The zero-order valence-corrected chi connectivity index (χ0v) is 14.4. The maximum absolute atomic E-state index is 12.4. The van der Waals surface area contributed by atoms with Crippen LogP contribution in [0.2, 0.25) is 5.02 Å². The second-order valence-corrected chi connectivity index (χ2v) is 5.93. The smallest absolute Gasteiger partial charge is 0.274 e. The molecule has 1 aromatic heterocycles. The Bertz CT molecular complexity index is 1090. The van der Waals surface area contributed by atoms with E-state index < -0.39 is 10.8 Å². The molecule has 1 N–H and O–H groups in total. The summed E-state index contributed by atoms with van der Waals surface area (Å²) >= 11 is 5.97. The van der Waals surface area contributed by atoms with Gasteiger partial charge in [0.15, 0.2) is 0 Å². The number of fused-ring (bicyclic) bond motifs is 1. The Morgan fingerprint density at radius 1 is 1.27 bits per heavy atom. The number of carbonyl (C=O) groups is 1. The summed E-state index contributed by atoms with van der Waals surface area (Å²) in [5.74, 6) is -0.571. The molecular weight excluding hydrogens is 360 g/mol. The molecule has 0 saturated heterocycles. The first-order valence-corrected chi connectivity index (χ1v) is 7.93. The van der Waals surface area contributed by atoms with Crippen LogP contribution in [0.3, 0.4) is 0 Å². The van der Waals surface area contributed by atoms with Gasteiger partial charge >= 0.3 is 0 Å². The number of hydrogen-bond acceptors (Lipinski definition) is 5. The van der Waals surface area contributed by atoms with Crippen molar-refractivity contribution in [3.05, 3.63) is 79.2 Å². The number of nitrogens with one attached hydrogen (secondary N) is 1. The fourth-order valence-corrected chi connectivity index (χ4v) is 2.77. The van der Waals surface area contributed by atoms with Crippen molar-refractivity contribution in [3.8, 4) is 0 Å². The molecule has 3 aromatic rings. The highest BCUT2D eigenvalue weighted by molar-refractivity contribution is 6.33. The van der Waals surface area contributed by atoms with Crippen LogP contribution in [-0.2, 0) is 13.6 Å². The van der Waals surface area contributed by atoms with E-state index in [1.54, 1.807) is 24.3 Å². The monoisotopic (exact) mass is 372 g/mol. The minimum atomic E-state index is -0.602. The normalized spacial score (nSPS) is 10.7. The van der Waals surface area contributed by atoms with Gasteiger partial charge in [-0.1, -0.05) is 29.8 Å². The first-order valence-electron chi connectivity index (χ1n) is 7.55. The van der Waals surface area contributed by atoms with Crippen LogP contribution in [0.1, 0.15) is 16.1 Å². The molecule has 132 valence electrons. The summed E-state index contributed by atoms with van der Waals surface area (Å²) in [4.78, 5) is 34.8. The Morgan fingerprint density at radius 2 is 1.96 bits per heavy atom. The Labute approximate surface area is 152 Å². The van der Waals surface area contributed by atoms with E-state index in [9.17, 15) is 19.7 Å². The molecule has 3 rings (SSSR count). The predicted molar refractivity (Wildman–Crippen MR) is 96.3 cm³/mol. The van der Waals surface area contributed by atoms with E-state index in [-0.39, 0.29) is 28.4 Å². The minimum Gasteiger partial charge on any atom is -0.346 e. The standard InChI is InChI=1S/C17H13ClN4O4/c1-21-17(24)12-5-3-2-4-11(12)15(20-21)9-19-16(23)13-8-10(22(25)26)6-7-14(13)18/h2-8H,9H2,1H3,(H,19,23). The van der Waals surface area contributed by atoms with Crippen LogP contribution in [0.25, 0.3) is 10.8 Å². The first kappa shape index (κ1) is 17.6. The number of aryl methyl sites for hydroxylation is 1. The topological polar surface area (TPSA) is 107 Å². The molecule has 9 heteroatoms. The number of non-ortho nitro benzene ring substituents is 1. The molecule has 1 heterocycles. The van der Waals surface area contributed by atoms with Gasteiger partial charge in [-0.05, 0) is 12.1 Å². The molecule has 0 fully saturated rings. The van der Waals surface area contributed by atoms with Crippen molar-refractivity contribution in [2.24, 2.45) is 7.05 Å². The second-order valence-electron chi connectivity index (χ2n) is 5.52. The Balaban J connectivity index is 1.91. The Hall–Kier alpha value is -3.26. The molecule has 0 bridgehead atoms. The third-order valence-electron chi connectivity index (χ3n) is 3.85. The molecule has 1 amide bonds. The number of halogens is 1. The van der Waals surface area contributed by atoms with Crippen molar-refractivity contribution >= 4 is 34.0 Å². The van der Waals surface area contributed by atoms with Crippen LogP contribution >= 0.6 is 11.6 Å². The van der Waals surface area contributed by atoms with E-state index in [0.717, 1.165) is 6.07 Å². The molecule has 0 saturated carbocycles. The number of amides is 1. The fraction of sp³-hybridized carbons (Fsp3) is 0.118. The van der Waals surface area contributed by atoms with E-state index >= 15 is 0 Å². The molecule has 0 atom stereocenters. The molecule has 0 spiro atoms. The minimum absolute atomic E-state index is 0.00464. The van der Waals surface area contributed by atoms with Crippen molar-refractivity contribution in [1.29, 1.82) is 0 Å². The molecule has 0 aliphatic heterocycles. The van der Waals surface area contributed by atoms with Gasteiger partial charge in [-0.3, -0.25) is 19.7 Å². The van der Waals surface area contributed by atoms with Crippen LogP contribution < -0.4 is 10.9 Å². The van der Waals surface area contributed by atoms with Gasteiger partial charge in [-0.25, -0.2) is 4.68 Å². The quantitative estimate of drug-likeness (QED) is 0.559. The summed E-state index contributed by atoms with van der Waals surface area (Å²) < 4.78 is 1.20. The fourth-order valence-electron chi connectivity index (χ4n) is 2.57. The lowest BCUT2D eigenvalue weighted by Gasteiger charge is -2.10. The van der Waals surface area contributed by atoms with Crippen LogP contribution in [-0.4, -0.2) is 20.6 Å². The zero-order chi connectivity index (χ0) is 18.8. The van der Waals surface area contributed by atoms with Gasteiger partial charge in [0, 0.05) is 24.6 Å². The van der Waals surface area contributed by atoms with Crippen molar-refractivity contribution in [2.45, 2.75) is 6.54 Å². The van der Waals surface area contributed by atoms with Crippen LogP contribution in [0.4, 0.5) is 5.69 Å². The van der Waals surface area contributed by atoms with E-state index in [1.807, 2.05) is 0 Å². The van der Waals surface area contributed by atoms with Gasteiger partial charge in [0.2, 0.25) is 0 Å². The number of aromatic nitrogens is 2. The summed E-state index contributed by atoms with van der Waals surface area (Å²) in [6.07, 6.45) is 0. The average Bonchev–Trinajstić information content (AvgIpc) is 2.63. The zero-order valence-electron chi connectivity index (χ0n) is 13.6. The predicted octanol–water partition coefficient (Wildman–Crippen LogP) is 2.43. The lowest BCUT2D eigenvalue weighted by molar-refractivity contribution is -0.384. The van der Waals surface area contributed by atoms with Gasteiger partial charge in [-0.2, -0.15) is 5.10 Å². The first-order chi connectivity index (χ1) is 12.4. The Kier molecular flexibility index (Phi) is 4.68. The molecule has 0 aliphatic rings. The highest BCUT2D eigenvalue weighted by atomic mass is 35.5. The highest BCUT2D eigenvalue weighted by Crippen LogP contribution is 2.22. The summed E-state index contributed by atoms with van der Waals surface area (Å²) in [6.45, 7) is 0.0342. The maximum atomic E-state index is 12.4. The average molecular weight is 373 g/mol. The molecule has 2 aromatic carbocycles. The van der Waals surface area contributed by atoms with E-state index in [2.05, 4.69) is 10.4 Å². The van der Waals surface area contributed by atoms with Gasteiger partial charge in [0.25, 0.3) is 17.2 Å². The third-order valence-corrected chi connectivity index (χ3v) is 4.18. The lowest BCUT2D eigenvalue weighted by Crippen LogP contribution is -2.27. The van der Waals surface area contributed by atoms with Crippen molar-refractivity contribution in [2.75, 3.05) is 0 Å². The molecule has 8 nitrogen and oxygen atoms in total. The van der Waals surface area contributed by atoms with Crippen LogP contribution in [0, 0.1) is 10.1 Å². The third kappa shape index (κ3) is 3.27. The van der Waals surface area contributed by atoms with E-state index in [4.69, 9.17) is 11.6 Å². The number of benzene rings is 2. The maximum Gasteiger partial charge on any atom is 0.274 e. The number of nitro groups is 1. The number of carbonyl (C=O) groups excluding carboxylic acids is 1. The van der Waals surface area contributed by atoms with Crippen molar-refractivity contribution < 1.29 is 9.72 Å². The molecule has 0 aliphatic carbocycles. The van der Waals surface area contributed by atoms with Crippen LogP contribution in [0.5, 0.6) is 0 Å². The van der Waals surface area contributed by atoms with Crippen molar-refractivity contribution in [1.82, 2.24) is 15.1 Å². The summed E-state index contributed by atoms with van der Waals surface area (Å²) in [6, 6.07) is 10.6. The highest BCUT2D eigenvalue weighted by Gasteiger charge is 2.16. The molecule has 0 unspecified atom stereocenters. The summed E-state index contributed by atoms with van der Waals surface area (Å²) in [7, 11) is 1.53. The summed E-state index contributed by atoms with van der Waals surface area (Å²) in [5, 5.41) is 18.9. The molecule has 26 heavy (non-hydrogen) atoms. The number of nitro benzene ring substituents is 1. The lowest BCUT2D eigenvalue weighted by atomic mass is 10.1. The van der Waals surface area contributed by atoms with Gasteiger partial charge < -0.3 is 5.32 Å². The number of rotatable bonds is 4. The van der Waals surface area contributed by atoms with Crippen LogP contribution in [0.15, 0.2) is 47.3 Å². The molecule has 0 radical (unpaired) electrons. The SMILES string of the molecule is Cn1nc(CNC(=O)c2cc([N+](=O)[O-])ccc2Cl)c2ccccc2c1=O. The van der Waals surface area contributed by atoms with Gasteiger partial charge in [0.1, 0.15) is 0 Å². The van der Waals surface area contributed by atoms with Crippen molar-refractivity contribution in [3.63, 3.8) is 0 Å². The summed E-state index contributed by atoms with van der Waals surface area (Å²) in [5.41, 5.74) is 0.0234. The Morgan fingerprint density at radius 3 is 2.65 bits per heavy atom. The van der Waals surface area contributed by atoms with Gasteiger partial charge in [-0.15, -0.1) is 0 Å². The largest absolute Gasteiger partial charge is 0.346 e. The van der Waals surface area contributed by atoms with E-state index in [0.29, 0.717) is 16.5 Å². The molecular formula is C17H13ClN4O4. The second kappa shape index (κ2) is 6.93. The van der Waals surface area contributed by atoms with E-state index in [1.165, 1.54) is 23.9 Å². The van der Waals surface area contributed by atoms with Gasteiger partial charge in [0.05, 0.1) is 33.1 Å². The number of nitrogens with zero attached hydrogens (tertiary/aromatic N) is 3.